The third-order valence-corrected chi connectivity index (χ3v) is 18.3. The van der Waals surface area contributed by atoms with Crippen molar-refractivity contribution in [1.29, 1.82) is 0 Å². The first-order chi connectivity index (χ1) is 66.5. The number of carboxylic acids is 1. The molecule has 14 aromatic rings. The molecule has 6 N–H and O–H groups in total. The van der Waals surface area contributed by atoms with Crippen molar-refractivity contribution in [2.45, 2.75) is 21.3 Å². The summed E-state index contributed by atoms with van der Waals surface area (Å²) in [5.41, 5.74) is 4.67. The summed E-state index contributed by atoms with van der Waals surface area (Å²) in [6.45, 7) is 2.55. The van der Waals surface area contributed by atoms with Crippen LogP contribution in [0.3, 0.4) is 0 Å². The van der Waals surface area contributed by atoms with Gasteiger partial charge in [-0.1, -0.05) is 120 Å². The standard InChI is InChI=1S/C19H21NO4.C17H16N2O3.C16H16O4.C15H12N2O3.C10H11BrO3.C10H12O3.C8H10O2.C6H6O.C2H4O2.CH4.BBr3/c1-20(2)13-18(24-14-8-6-5-7-9-14)19(21)16-11-10-15(22-3)12-17(16)23-4;1-20-13-8-9-14(15(10-13)21-2)17-16(11-18-19-17)22-12-6-4-3-5-7-12;1-18-13-8-9-14(16(10-13)19-2)15(17)11-20-12-6-4-3-5-7-12;18-10-6-7-12(13(19)8-10)15-14(9-16-17-15)20-11-4-2-1-3-5-11;1-13-7-3-4-8(9(12)6-11)10(5-7)14-2;1-7(11)9-5-4-8(12-2)6-10(9)13-3;1-9-7-4-3-5-8(6-7)10-2;7-6-4-2-1-3-5-6;1-2(3)4;;2-1(3)4/h5-13H,1-4H3;3-11H,1-2H3,(H,18,19);3-10H,11H2,1-2H3;1-9,18-19H,(H,16,17);3-5H,6H2,1-2H3;4-6H,1-3H3;3-6H,1-2H3;1-5,7H;1H3,(H,3,4);1H4;/b18-13-;;;;;;;;;;. The number of aromatic hydroxyl groups is 3. The minimum absolute atomic E-state index is 0. The number of para-hydroxylation sites is 5. The van der Waals surface area contributed by atoms with Gasteiger partial charge in [-0.05, 0) is 153 Å². The Balaban J connectivity index is 0.000000333. The third kappa shape index (κ3) is 41.6. The van der Waals surface area contributed by atoms with E-state index in [0.717, 1.165) is 41.2 Å². The molecule has 0 bridgehead atoms. The highest BCUT2D eigenvalue weighted by Gasteiger charge is 2.23. The van der Waals surface area contributed by atoms with Crippen LogP contribution in [0.1, 0.15) is 62.7 Å². The Morgan fingerprint density at radius 2 is 0.683 bits per heavy atom. The van der Waals surface area contributed by atoms with Crippen molar-refractivity contribution in [2.75, 3.05) is 111 Å². The van der Waals surface area contributed by atoms with Gasteiger partial charge in [-0.15, -0.1) is 47.3 Å². The molecule has 14 rings (SSSR count). The van der Waals surface area contributed by atoms with E-state index in [1.807, 2.05) is 160 Å². The molecular weight excluding hydrogens is 2050 g/mol. The van der Waals surface area contributed by atoms with Gasteiger partial charge in [0, 0.05) is 80.8 Å². The molecule has 0 saturated carbocycles. The van der Waals surface area contributed by atoms with Crippen LogP contribution >= 0.6 is 63.2 Å². The number of ether oxygens (including phenoxy) is 16. The number of benzene rings is 12. The second kappa shape index (κ2) is 64.8. The summed E-state index contributed by atoms with van der Waals surface area (Å²) in [4.78, 5) is 58.4. The Morgan fingerprint density at radius 1 is 0.360 bits per heavy atom. The molecule has 2 aromatic heterocycles. The number of nitrogens with zero attached hydrogens (tertiary/aromatic N) is 3. The molecule has 0 unspecified atom stereocenters. The quantitative estimate of drug-likeness (QED) is 0.00800. The van der Waals surface area contributed by atoms with Gasteiger partial charge in [0.15, 0.2) is 35.4 Å². The van der Waals surface area contributed by atoms with Gasteiger partial charge in [0.1, 0.15) is 121 Å². The van der Waals surface area contributed by atoms with Crippen LogP contribution < -0.4 is 75.8 Å². The maximum Gasteiger partial charge on any atom is 0.369 e. The number of halogens is 4. The fraction of sp³-hybridized carbons (Fsp3) is 0.183. The van der Waals surface area contributed by atoms with Gasteiger partial charge in [0.25, 0.3) is 5.97 Å². The van der Waals surface area contributed by atoms with Gasteiger partial charge in [-0.3, -0.25) is 34.2 Å². The molecule has 0 aliphatic carbocycles. The molecule has 0 saturated heterocycles. The second-order valence-corrected chi connectivity index (χ2v) is 34.4. The van der Waals surface area contributed by atoms with Gasteiger partial charge in [0.05, 0.1) is 125 Å². The highest BCUT2D eigenvalue weighted by atomic mass is 79.9. The minimum Gasteiger partial charge on any atom is -0.508 e. The van der Waals surface area contributed by atoms with Gasteiger partial charge < -0.3 is 101 Å². The lowest BCUT2D eigenvalue weighted by Crippen LogP contribution is -2.15. The van der Waals surface area contributed by atoms with Gasteiger partial charge in [0.2, 0.25) is 11.6 Å². The summed E-state index contributed by atoms with van der Waals surface area (Å²) in [5.74, 6) is 10.7. The lowest BCUT2D eigenvalue weighted by molar-refractivity contribution is -0.134. The largest absolute Gasteiger partial charge is 0.508 e. The molecule has 0 atom stereocenters. The Kier molecular flexibility index (Phi) is 54.2. The van der Waals surface area contributed by atoms with Crippen molar-refractivity contribution >= 4 is 95.5 Å². The van der Waals surface area contributed by atoms with E-state index in [0.29, 0.717) is 120 Å². The topological polar surface area (TPSA) is 375 Å². The molecule has 0 aliphatic rings. The van der Waals surface area contributed by atoms with Crippen LogP contribution in [0.4, 0.5) is 0 Å². The zero-order valence-corrected chi connectivity index (χ0v) is 84.9. The molecule has 0 radical (unpaired) electrons. The van der Waals surface area contributed by atoms with Crippen molar-refractivity contribution in [1.82, 2.24) is 25.3 Å². The fourth-order valence-corrected chi connectivity index (χ4v) is 11.6. The summed E-state index contributed by atoms with van der Waals surface area (Å²) in [6.07, 6.45) is 4.82. The number of hydrogen-bond donors (Lipinski definition) is 6. The Morgan fingerprint density at radius 3 is 1.05 bits per heavy atom. The van der Waals surface area contributed by atoms with Crippen molar-refractivity contribution < 1.29 is 120 Å². The minimum atomic E-state index is -0.833. The summed E-state index contributed by atoms with van der Waals surface area (Å²) < 4.78 is 84.6. The Bertz CT molecular complexity index is 6010. The average Bonchev–Trinajstić information content (AvgIpc) is 1.63. The molecule has 139 heavy (non-hydrogen) atoms. The number of methoxy groups -OCH3 is 12. The SMILES string of the molecule is BrB(Br)Br.C.CC(=O)O.COc1ccc(-c2[nH]ncc2Oc2ccccc2)c(OC)c1.COc1ccc(C(=O)/C(=C/N(C)C)Oc2ccccc2)c(OC)c1.COc1ccc(C(=O)CBr)c(OC)c1.COc1ccc(C(=O)COc2ccccc2)c(OC)c1.COc1ccc(C(C)=O)c(OC)c1.COc1cccc(OC)c1.Oc1ccc(-c2[nH]ncc2Oc2ccccc2)c(O)c1.Oc1ccccc1. The number of hydrogen-bond acceptors (Lipinski definition) is 27. The normalized spacial score (nSPS) is 9.74. The van der Waals surface area contributed by atoms with Gasteiger partial charge in [-0.2, -0.15) is 10.2 Å². The Hall–Kier alpha value is -15.1. The highest BCUT2D eigenvalue weighted by Crippen LogP contribution is 2.41. The average molecular weight is 2160 g/mol. The molecule has 0 spiro atoms. The van der Waals surface area contributed by atoms with Crippen LogP contribution in [-0.2, 0) is 4.79 Å². The smallest absolute Gasteiger partial charge is 0.369 e. The maximum atomic E-state index is 12.9. The van der Waals surface area contributed by atoms with Crippen molar-refractivity contribution in [3.63, 3.8) is 0 Å². The molecule has 734 valence electrons. The van der Waals surface area contributed by atoms with Crippen molar-refractivity contribution in [3.05, 3.63) is 332 Å². The van der Waals surface area contributed by atoms with E-state index < -0.39 is 5.97 Å². The summed E-state index contributed by atoms with van der Waals surface area (Å²) >= 11 is 12.4. The lowest BCUT2D eigenvalue weighted by atomic mass is 10.1. The molecular formula is C104H112BBr4N5O25. The molecule has 2 heterocycles. The molecule has 35 heteroatoms. The maximum absolute atomic E-state index is 12.9. The number of allylic oxidation sites excluding steroid dienone is 1. The summed E-state index contributed by atoms with van der Waals surface area (Å²) in [5, 5.41) is 49.3. The predicted octanol–water partition coefficient (Wildman–Crippen LogP) is 23.7. The van der Waals surface area contributed by atoms with Gasteiger partial charge >= 0.3 is 3.18 Å². The van der Waals surface area contributed by atoms with E-state index in [-0.39, 0.29) is 62.9 Å². The highest BCUT2D eigenvalue weighted by molar-refractivity contribution is 9.69. The number of aromatic amines is 2. The molecule has 30 nitrogen and oxygen atoms in total. The van der Waals surface area contributed by atoms with E-state index in [9.17, 15) is 29.4 Å². The van der Waals surface area contributed by atoms with Crippen LogP contribution in [0.2, 0.25) is 0 Å². The van der Waals surface area contributed by atoms with Crippen molar-refractivity contribution in [3.8, 4) is 143 Å². The number of nitrogens with one attached hydrogen (secondary N) is 2. The number of aliphatic carboxylic acids is 1. The fourth-order valence-electron chi connectivity index (χ4n) is 11.3. The predicted molar refractivity (Wildman–Crippen MR) is 553 cm³/mol. The van der Waals surface area contributed by atoms with E-state index in [2.05, 4.69) is 83.6 Å². The van der Waals surface area contributed by atoms with E-state index in [4.69, 9.17) is 90.8 Å². The number of rotatable bonds is 30. The molecule has 0 fully saturated rings. The number of phenols is 3. The first-order valence-corrected chi connectivity index (χ1v) is 45.0. The molecule has 0 amide bonds. The first kappa shape index (κ1) is 116. The zero-order valence-electron chi connectivity index (χ0n) is 78.6. The number of phenolic OH excluding ortho intramolecular Hbond substituents is 3. The van der Waals surface area contributed by atoms with Crippen LogP contribution in [0.15, 0.2) is 309 Å². The van der Waals surface area contributed by atoms with E-state index >= 15 is 0 Å². The second-order valence-electron chi connectivity index (χ2n) is 27.4. The Labute approximate surface area is 842 Å². The van der Waals surface area contributed by atoms with Crippen LogP contribution in [0, 0.1) is 0 Å². The summed E-state index contributed by atoms with van der Waals surface area (Å²) in [7, 11) is 22.5. The first-order valence-electron chi connectivity index (χ1n) is 41.1. The van der Waals surface area contributed by atoms with Crippen LogP contribution in [0.5, 0.6) is 121 Å². The number of carbonyl (C=O) groups is 5. The molecule has 0 aliphatic heterocycles. The zero-order chi connectivity index (χ0) is 101. The third-order valence-electron chi connectivity index (χ3n) is 17.8. The summed E-state index contributed by atoms with van der Waals surface area (Å²) in [6, 6.07) is 83.7. The van der Waals surface area contributed by atoms with E-state index in [1.165, 1.54) is 53.7 Å². The number of aromatic nitrogens is 4. The number of Topliss-reactive ketones (excluding diaryl/α,β-unsaturated/α-hetero) is 4. The number of alkyl halides is 1. The van der Waals surface area contributed by atoms with Gasteiger partial charge in [-0.25, -0.2) is 0 Å². The lowest BCUT2D eigenvalue weighted by Gasteiger charge is -2.15. The monoisotopic (exact) mass is 2160 g/mol. The number of H-pyrrole nitrogens is 2. The van der Waals surface area contributed by atoms with Crippen LogP contribution in [0.25, 0.3) is 22.5 Å². The molecule has 12 aromatic carbocycles. The number of ketones is 4. The van der Waals surface area contributed by atoms with Crippen molar-refractivity contribution in [2.24, 2.45) is 0 Å². The number of carboxylic acid groups (broad SMARTS) is 1. The van der Waals surface area contributed by atoms with E-state index in [1.54, 1.807) is 202 Å². The number of carbonyl (C=O) groups excluding carboxylic acids is 4. The van der Waals surface area contributed by atoms with Crippen LogP contribution in [-0.4, -0.2) is 189 Å².